The van der Waals surface area contributed by atoms with Crippen molar-refractivity contribution in [2.24, 2.45) is 0 Å². The van der Waals surface area contributed by atoms with E-state index in [1.807, 2.05) is 34.5 Å². The number of hydrogen-bond donors (Lipinski definition) is 2. The summed E-state index contributed by atoms with van der Waals surface area (Å²) < 4.78 is 14.7. The van der Waals surface area contributed by atoms with Crippen LogP contribution in [0.5, 0.6) is 0 Å². The smallest absolute Gasteiger partial charge is 0.228 e. The number of hydrogen-bond acceptors (Lipinski definition) is 6. The second-order valence-corrected chi connectivity index (χ2v) is 10.0. The van der Waals surface area contributed by atoms with Gasteiger partial charge in [-0.25, -0.2) is 9.37 Å². The van der Waals surface area contributed by atoms with Gasteiger partial charge in [0.25, 0.3) is 0 Å². The van der Waals surface area contributed by atoms with Gasteiger partial charge < -0.3 is 15.3 Å². The molecule has 2 amide bonds. The number of fused-ring (bicyclic) bond motifs is 1. The van der Waals surface area contributed by atoms with E-state index < -0.39 is 18.1 Å². The van der Waals surface area contributed by atoms with E-state index in [1.165, 1.54) is 23.5 Å². The largest absolute Gasteiger partial charge is 0.378 e. The van der Waals surface area contributed by atoms with Crippen LogP contribution in [0.3, 0.4) is 0 Å². The van der Waals surface area contributed by atoms with E-state index >= 15 is 0 Å². The highest BCUT2D eigenvalue weighted by atomic mass is 32.1. The van der Waals surface area contributed by atoms with E-state index in [9.17, 15) is 19.1 Å². The summed E-state index contributed by atoms with van der Waals surface area (Å²) in [4.78, 5) is 33.0. The molecule has 1 aromatic heterocycles. The molecule has 0 saturated carbocycles. The lowest BCUT2D eigenvalue weighted by Gasteiger charge is -2.33. The third kappa shape index (κ3) is 5.12. The zero-order chi connectivity index (χ0) is 24.5. The van der Waals surface area contributed by atoms with Gasteiger partial charge in [0.1, 0.15) is 17.1 Å². The molecule has 2 aromatic carbocycles. The van der Waals surface area contributed by atoms with Gasteiger partial charge in [0.2, 0.25) is 11.8 Å². The molecule has 3 aromatic rings. The van der Waals surface area contributed by atoms with Crippen molar-refractivity contribution < 1.29 is 19.1 Å². The zero-order valence-corrected chi connectivity index (χ0v) is 20.2. The number of thiazole rings is 1. The second kappa shape index (κ2) is 9.85. The Morgan fingerprint density at radius 3 is 2.94 bits per heavy atom. The third-order valence-corrected chi connectivity index (χ3v) is 7.56. The van der Waals surface area contributed by atoms with E-state index in [0.717, 1.165) is 29.8 Å². The van der Waals surface area contributed by atoms with Crippen molar-refractivity contribution >= 4 is 28.8 Å². The lowest BCUT2D eigenvalue weighted by molar-refractivity contribution is -0.132. The van der Waals surface area contributed by atoms with Crippen LogP contribution in [0.15, 0.2) is 48.0 Å². The first-order valence-electron chi connectivity index (χ1n) is 11.7. The topological polar surface area (TPSA) is 85.8 Å². The van der Waals surface area contributed by atoms with Gasteiger partial charge in [0.05, 0.1) is 18.9 Å². The van der Waals surface area contributed by atoms with Gasteiger partial charge in [0, 0.05) is 43.0 Å². The van der Waals surface area contributed by atoms with Crippen molar-refractivity contribution in [3.8, 4) is 10.6 Å². The van der Waals surface area contributed by atoms with Crippen LogP contribution in [0.2, 0.25) is 0 Å². The van der Waals surface area contributed by atoms with Gasteiger partial charge in [0.15, 0.2) is 0 Å². The lowest BCUT2D eigenvalue weighted by Crippen LogP contribution is -2.41. The number of carbonyl (C=O) groups is 2. The van der Waals surface area contributed by atoms with E-state index in [-0.39, 0.29) is 18.2 Å². The Labute approximate surface area is 207 Å². The number of amides is 2. The average molecular weight is 495 g/mol. The van der Waals surface area contributed by atoms with E-state index in [1.54, 1.807) is 18.1 Å². The molecule has 35 heavy (non-hydrogen) atoms. The van der Waals surface area contributed by atoms with Gasteiger partial charge >= 0.3 is 0 Å². The molecule has 0 spiro atoms. The first kappa shape index (κ1) is 23.6. The summed E-state index contributed by atoms with van der Waals surface area (Å²) in [5.74, 6) is -0.574. The van der Waals surface area contributed by atoms with Crippen LogP contribution in [-0.4, -0.2) is 58.1 Å². The molecule has 1 fully saturated rings. The molecule has 0 unspecified atom stereocenters. The summed E-state index contributed by atoms with van der Waals surface area (Å²) >= 11 is 1.43. The lowest BCUT2D eigenvalue weighted by atomic mass is 10.0. The molecular formula is C26H27FN4O3S. The Morgan fingerprint density at radius 1 is 1.34 bits per heavy atom. The Morgan fingerprint density at radius 2 is 2.20 bits per heavy atom. The Kier molecular flexibility index (Phi) is 6.64. The van der Waals surface area contributed by atoms with Crippen LogP contribution in [-0.2, 0) is 22.4 Å². The van der Waals surface area contributed by atoms with Gasteiger partial charge in [-0.05, 0) is 53.8 Å². The fourth-order valence-electron chi connectivity index (χ4n) is 4.83. The zero-order valence-electron chi connectivity index (χ0n) is 19.4. The number of anilines is 1. The van der Waals surface area contributed by atoms with Crippen molar-refractivity contribution in [2.75, 3.05) is 25.5 Å². The number of nitrogens with one attached hydrogen (secondary N) is 1. The maximum Gasteiger partial charge on any atom is 0.228 e. The number of aromatic nitrogens is 1. The summed E-state index contributed by atoms with van der Waals surface area (Å²) in [7, 11) is 1.72. The number of nitrogens with zero attached hydrogens (tertiary/aromatic N) is 3. The fourth-order valence-corrected chi connectivity index (χ4v) is 5.46. The molecule has 7 nitrogen and oxygen atoms in total. The van der Waals surface area contributed by atoms with Crippen LogP contribution >= 0.6 is 11.3 Å². The third-order valence-electron chi connectivity index (χ3n) is 6.74. The molecule has 2 aliphatic heterocycles. The summed E-state index contributed by atoms with van der Waals surface area (Å²) in [5, 5.41) is 15.8. The fraction of sp³-hybridized carbons (Fsp3) is 0.346. The molecule has 1 saturated heterocycles. The molecular weight excluding hydrogens is 467 g/mol. The maximum absolute atomic E-state index is 14.7. The number of benzene rings is 2. The number of likely N-dealkylation sites (tertiary alicyclic amines) is 1. The highest BCUT2D eigenvalue weighted by Crippen LogP contribution is 2.31. The quantitative estimate of drug-likeness (QED) is 0.524. The van der Waals surface area contributed by atoms with Crippen molar-refractivity contribution in [1.29, 1.82) is 0 Å². The number of carbonyl (C=O) groups excluding carboxylic acids is 2. The molecule has 2 N–H and O–H groups in total. The number of likely N-dealkylation sites (N-methyl/N-ethyl adjacent to an activating group) is 1. The monoisotopic (exact) mass is 494 g/mol. The van der Waals surface area contributed by atoms with Crippen LogP contribution in [0.1, 0.15) is 35.6 Å². The van der Waals surface area contributed by atoms with Gasteiger partial charge in [-0.2, -0.15) is 0 Å². The molecule has 9 heteroatoms. The first-order valence-corrected chi connectivity index (χ1v) is 12.5. The summed E-state index contributed by atoms with van der Waals surface area (Å²) in [5.41, 5.74) is 3.79. The van der Waals surface area contributed by atoms with Crippen molar-refractivity contribution in [2.45, 2.75) is 38.0 Å². The van der Waals surface area contributed by atoms with Gasteiger partial charge in [-0.3, -0.25) is 14.5 Å². The molecule has 5 rings (SSSR count). The van der Waals surface area contributed by atoms with Crippen LogP contribution in [0.25, 0.3) is 10.6 Å². The van der Waals surface area contributed by atoms with E-state index in [4.69, 9.17) is 0 Å². The molecule has 182 valence electrons. The molecule has 0 radical (unpaired) electrons. The predicted molar refractivity (Wildman–Crippen MR) is 132 cm³/mol. The average Bonchev–Trinajstić information content (AvgIpc) is 3.57. The van der Waals surface area contributed by atoms with Gasteiger partial charge in [-0.15, -0.1) is 11.3 Å². The molecule has 2 aliphatic rings. The first-order chi connectivity index (χ1) is 16.9. The van der Waals surface area contributed by atoms with Crippen LogP contribution in [0, 0.1) is 5.82 Å². The minimum atomic E-state index is -0.576. The molecule has 2 atom stereocenters. The van der Waals surface area contributed by atoms with E-state index in [0.29, 0.717) is 35.5 Å². The summed E-state index contributed by atoms with van der Waals surface area (Å²) in [6, 6.07) is 9.91. The predicted octanol–water partition coefficient (Wildman–Crippen LogP) is 3.60. The van der Waals surface area contributed by atoms with Crippen molar-refractivity contribution in [3.63, 3.8) is 0 Å². The minimum absolute atomic E-state index is 0.0491. The highest BCUT2D eigenvalue weighted by molar-refractivity contribution is 7.13. The van der Waals surface area contributed by atoms with Crippen LogP contribution in [0.4, 0.5) is 10.1 Å². The normalized spacial score (nSPS) is 18.4. The summed E-state index contributed by atoms with van der Waals surface area (Å²) in [6.45, 7) is 1.11. The Balaban J connectivity index is 1.42. The Bertz CT molecular complexity index is 1250. The molecule has 0 bridgehead atoms. The highest BCUT2D eigenvalue weighted by Gasteiger charge is 2.30. The SMILES string of the molecule is CN(C(=O)Cc1ccc2c(c1)NC(=O)C2)[C@H](CN1CCC[C@@H]1O)c1cc(F)cc(-c2nccs2)c1. The number of halogens is 1. The Hall–Kier alpha value is -3.14. The maximum atomic E-state index is 14.7. The number of rotatable bonds is 7. The van der Waals surface area contributed by atoms with Crippen LogP contribution < -0.4 is 5.32 Å². The standard InChI is InChI=1S/C26H27FN4O3S/c1-30(25(34)10-16-4-5-17-14-23(32)29-21(17)9-16)22(15-31-7-2-3-24(31)33)18-11-19(13-20(27)12-18)26-28-6-8-35-26/h4-6,8-9,11-13,22,24,33H,2-3,7,10,14-15H2,1H3,(H,29,32)/t22-,24+/m1/s1. The minimum Gasteiger partial charge on any atom is -0.378 e. The number of aliphatic hydroxyl groups excluding tert-OH is 1. The van der Waals surface area contributed by atoms with Gasteiger partial charge in [-0.1, -0.05) is 12.1 Å². The summed E-state index contributed by atoms with van der Waals surface area (Å²) in [6.07, 6.45) is 3.15. The van der Waals surface area contributed by atoms with E-state index in [2.05, 4.69) is 10.3 Å². The molecule has 0 aliphatic carbocycles. The second-order valence-electron chi connectivity index (χ2n) is 9.14. The van der Waals surface area contributed by atoms with Crippen molar-refractivity contribution in [3.05, 3.63) is 70.5 Å². The van der Waals surface area contributed by atoms with Crippen molar-refractivity contribution in [1.82, 2.24) is 14.8 Å². The molecule has 3 heterocycles. The number of aliphatic hydroxyl groups is 1.